The summed E-state index contributed by atoms with van der Waals surface area (Å²) in [4.78, 5) is 12.3. The van der Waals surface area contributed by atoms with Gasteiger partial charge in [-0.25, -0.2) is 0 Å². The predicted molar refractivity (Wildman–Crippen MR) is 48.2 cm³/mol. The average molecular weight is 166 g/mol. The van der Waals surface area contributed by atoms with Crippen molar-refractivity contribution in [3.05, 3.63) is 24.6 Å². The van der Waals surface area contributed by atoms with Gasteiger partial charge in [0.1, 0.15) is 0 Å². The van der Waals surface area contributed by atoms with E-state index in [4.69, 9.17) is 5.73 Å². The van der Waals surface area contributed by atoms with Gasteiger partial charge < -0.3 is 10.6 Å². The van der Waals surface area contributed by atoms with Gasteiger partial charge >= 0.3 is 0 Å². The molecule has 0 saturated carbocycles. The quantitative estimate of drug-likeness (QED) is 0.483. The first-order chi connectivity index (χ1) is 5.57. The van der Waals surface area contributed by atoms with Gasteiger partial charge in [-0.05, 0) is 13.3 Å². The van der Waals surface area contributed by atoms with Gasteiger partial charge in [-0.1, -0.05) is 13.2 Å². The Morgan fingerprint density at radius 1 is 1.83 bits per heavy atom. The second-order valence-corrected chi connectivity index (χ2v) is 3.16. The molecule has 0 bridgehead atoms. The van der Waals surface area contributed by atoms with Crippen LogP contribution in [0.3, 0.4) is 0 Å². The molecule has 0 aromatic heterocycles. The van der Waals surface area contributed by atoms with Gasteiger partial charge in [0.2, 0.25) is 0 Å². The third-order valence-electron chi connectivity index (χ3n) is 2.22. The summed E-state index contributed by atoms with van der Waals surface area (Å²) in [5, 5.41) is 0. The Morgan fingerprint density at radius 3 is 2.75 bits per heavy atom. The molecule has 0 spiro atoms. The van der Waals surface area contributed by atoms with Crippen LogP contribution in [0.15, 0.2) is 24.6 Å². The van der Waals surface area contributed by atoms with Crippen LogP contribution >= 0.6 is 0 Å². The topological polar surface area (TPSA) is 46.3 Å². The van der Waals surface area contributed by atoms with Crippen molar-refractivity contribution in [2.75, 3.05) is 0 Å². The molecule has 0 aliphatic carbocycles. The summed E-state index contributed by atoms with van der Waals surface area (Å²) in [6.07, 6.45) is 1.57. The van der Waals surface area contributed by atoms with Crippen LogP contribution in [0.1, 0.15) is 13.3 Å². The van der Waals surface area contributed by atoms with Gasteiger partial charge in [0.05, 0.1) is 5.70 Å². The summed E-state index contributed by atoms with van der Waals surface area (Å²) in [5.74, 6) is 0. The normalized spacial score (nSPS) is 29.2. The third-order valence-corrected chi connectivity index (χ3v) is 2.22. The monoisotopic (exact) mass is 166 g/mol. The zero-order chi connectivity index (χ0) is 9.30. The molecular formula is C9H14N2O. The van der Waals surface area contributed by atoms with Crippen LogP contribution in [0.25, 0.3) is 0 Å². The van der Waals surface area contributed by atoms with Crippen LogP contribution in [0.2, 0.25) is 0 Å². The first-order valence-corrected chi connectivity index (χ1v) is 3.95. The Labute approximate surface area is 72.5 Å². The zero-order valence-corrected chi connectivity index (χ0v) is 7.29. The van der Waals surface area contributed by atoms with Crippen LogP contribution in [-0.2, 0) is 4.79 Å². The van der Waals surface area contributed by atoms with Gasteiger partial charge in [-0.2, -0.15) is 0 Å². The number of rotatable bonds is 2. The number of nitrogens with two attached hydrogens (primary N) is 1. The lowest BCUT2D eigenvalue weighted by atomic mass is 10.2. The summed E-state index contributed by atoms with van der Waals surface area (Å²) in [6.45, 7) is 9.46. The van der Waals surface area contributed by atoms with Gasteiger partial charge in [0.15, 0.2) is 6.29 Å². The molecule has 0 aromatic rings. The van der Waals surface area contributed by atoms with Crippen molar-refractivity contribution >= 4 is 6.29 Å². The highest BCUT2D eigenvalue weighted by Gasteiger charge is 2.30. The number of carbonyl (C=O) groups excluding carboxylic acids is 1. The summed E-state index contributed by atoms with van der Waals surface area (Å²) in [7, 11) is 0. The number of hydrogen-bond donors (Lipinski definition) is 1. The Hall–Kier alpha value is -1.09. The summed E-state index contributed by atoms with van der Waals surface area (Å²) in [6, 6.07) is 0.210. The van der Waals surface area contributed by atoms with Crippen LogP contribution in [-0.4, -0.2) is 23.3 Å². The molecule has 1 fully saturated rings. The SMILES string of the molecule is C=C(C=O)N1C(=C)[C@@H](N)C[C@@H]1C. The Bertz CT molecular complexity index is 235. The summed E-state index contributed by atoms with van der Waals surface area (Å²) >= 11 is 0. The first-order valence-electron chi connectivity index (χ1n) is 3.95. The van der Waals surface area contributed by atoms with E-state index in [1.807, 2.05) is 6.92 Å². The fraction of sp³-hybridized carbons (Fsp3) is 0.444. The molecule has 3 heteroatoms. The highest BCUT2D eigenvalue weighted by atomic mass is 16.1. The van der Waals surface area contributed by atoms with Crippen molar-refractivity contribution in [1.29, 1.82) is 0 Å². The molecule has 1 aliphatic rings. The molecule has 1 aliphatic heterocycles. The standard InChI is InChI=1S/C9H14N2O/c1-6-4-9(10)8(3)11(6)7(2)5-12/h5-6,9H,2-4,10H2,1H3/t6-,9-/m0/s1. The second-order valence-electron chi connectivity index (χ2n) is 3.16. The van der Waals surface area contributed by atoms with Crippen LogP contribution in [0.5, 0.6) is 0 Å². The van der Waals surface area contributed by atoms with Crippen LogP contribution in [0.4, 0.5) is 0 Å². The van der Waals surface area contributed by atoms with E-state index in [0.717, 1.165) is 18.4 Å². The first kappa shape index (κ1) is 9.00. The zero-order valence-electron chi connectivity index (χ0n) is 7.29. The molecular weight excluding hydrogens is 152 g/mol. The lowest BCUT2D eigenvalue weighted by Gasteiger charge is -2.23. The van der Waals surface area contributed by atoms with E-state index in [0.29, 0.717) is 5.70 Å². The van der Waals surface area contributed by atoms with Gasteiger partial charge in [-0.15, -0.1) is 0 Å². The average Bonchev–Trinajstić information content (AvgIpc) is 2.26. The fourth-order valence-corrected chi connectivity index (χ4v) is 1.59. The van der Waals surface area contributed by atoms with Crippen LogP contribution < -0.4 is 5.73 Å². The maximum Gasteiger partial charge on any atom is 0.165 e. The third kappa shape index (κ3) is 1.28. The van der Waals surface area contributed by atoms with Gasteiger partial charge in [0, 0.05) is 17.8 Å². The maximum absolute atomic E-state index is 10.5. The molecule has 66 valence electrons. The minimum atomic E-state index is -0.0308. The molecule has 2 atom stereocenters. The molecule has 12 heavy (non-hydrogen) atoms. The molecule has 0 radical (unpaired) electrons. The van der Waals surface area contributed by atoms with Crippen molar-refractivity contribution in [2.24, 2.45) is 5.73 Å². The van der Waals surface area contributed by atoms with E-state index in [-0.39, 0.29) is 12.1 Å². The van der Waals surface area contributed by atoms with E-state index >= 15 is 0 Å². The van der Waals surface area contributed by atoms with E-state index in [2.05, 4.69) is 13.2 Å². The second kappa shape index (κ2) is 3.11. The smallest absolute Gasteiger partial charge is 0.165 e. The Balaban J connectivity index is 2.83. The molecule has 0 unspecified atom stereocenters. The van der Waals surface area contributed by atoms with E-state index in [1.54, 1.807) is 4.90 Å². The summed E-state index contributed by atoms with van der Waals surface area (Å²) < 4.78 is 0. The van der Waals surface area contributed by atoms with Gasteiger partial charge in [-0.3, -0.25) is 4.79 Å². The minimum Gasteiger partial charge on any atom is -0.339 e. The van der Waals surface area contributed by atoms with E-state index < -0.39 is 0 Å². The Morgan fingerprint density at radius 2 is 2.42 bits per heavy atom. The predicted octanol–water partition coefficient (Wildman–Crippen LogP) is 0.634. The minimum absolute atomic E-state index is 0.0308. The van der Waals surface area contributed by atoms with Crippen molar-refractivity contribution < 1.29 is 4.79 Å². The highest BCUT2D eigenvalue weighted by Crippen LogP contribution is 2.27. The molecule has 0 aromatic carbocycles. The summed E-state index contributed by atoms with van der Waals surface area (Å²) in [5.41, 5.74) is 6.99. The molecule has 1 heterocycles. The molecule has 0 amide bonds. The van der Waals surface area contributed by atoms with Crippen molar-refractivity contribution in [1.82, 2.24) is 4.90 Å². The molecule has 3 nitrogen and oxygen atoms in total. The van der Waals surface area contributed by atoms with E-state index in [9.17, 15) is 4.79 Å². The fourth-order valence-electron chi connectivity index (χ4n) is 1.59. The van der Waals surface area contributed by atoms with Gasteiger partial charge in [0.25, 0.3) is 0 Å². The van der Waals surface area contributed by atoms with Crippen molar-refractivity contribution in [3.8, 4) is 0 Å². The lowest BCUT2D eigenvalue weighted by molar-refractivity contribution is -0.106. The maximum atomic E-state index is 10.5. The highest BCUT2D eigenvalue weighted by molar-refractivity contribution is 5.72. The number of nitrogens with zero attached hydrogens (tertiary/aromatic N) is 1. The lowest BCUT2D eigenvalue weighted by Crippen LogP contribution is -2.26. The molecule has 1 saturated heterocycles. The number of aldehydes is 1. The Kier molecular flexibility index (Phi) is 2.33. The largest absolute Gasteiger partial charge is 0.339 e. The van der Waals surface area contributed by atoms with Crippen LogP contribution in [0, 0.1) is 0 Å². The van der Waals surface area contributed by atoms with Crippen molar-refractivity contribution in [3.63, 3.8) is 0 Å². The van der Waals surface area contributed by atoms with E-state index in [1.165, 1.54) is 0 Å². The number of hydrogen-bond acceptors (Lipinski definition) is 3. The van der Waals surface area contributed by atoms with Crippen molar-refractivity contribution in [2.45, 2.75) is 25.4 Å². The molecule has 1 rings (SSSR count). The molecule has 2 N–H and O–H groups in total. The number of likely N-dealkylation sites (tertiary alicyclic amines) is 1. The number of carbonyl (C=O) groups is 1. The number of allylic oxidation sites excluding steroid dienone is 1.